The maximum absolute atomic E-state index is 12.8. The maximum atomic E-state index is 12.8. The van der Waals surface area contributed by atoms with Crippen molar-refractivity contribution in [3.63, 3.8) is 0 Å². The van der Waals surface area contributed by atoms with E-state index in [0.717, 1.165) is 38.5 Å². The van der Waals surface area contributed by atoms with Gasteiger partial charge in [-0.2, -0.15) is 0 Å². The Labute approximate surface area is 110 Å². The Hall–Kier alpha value is -0.830. The number of amides is 1. The Morgan fingerprint density at radius 3 is 2.39 bits per heavy atom. The van der Waals surface area contributed by atoms with Crippen LogP contribution in [0.5, 0.6) is 0 Å². The predicted octanol–water partition coefficient (Wildman–Crippen LogP) is 2.61. The summed E-state index contributed by atoms with van der Waals surface area (Å²) in [6.45, 7) is 4.44. The van der Waals surface area contributed by atoms with Gasteiger partial charge in [0.05, 0.1) is 5.54 Å². The first-order chi connectivity index (χ1) is 8.67. The van der Waals surface area contributed by atoms with E-state index in [9.17, 15) is 4.79 Å². The van der Waals surface area contributed by atoms with E-state index in [1.54, 1.807) is 0 Å². The fraction of sp³-hybridized carbons (Fsp3) is 0.800. The van der Waals surface area contributed by atoms with E-state index in [-0.39, 0.29) is 5.91 Å². The molecule has 0 aromatic carbocycles. The van der Waals surface area contributed by atoms with E-state index in [2.05, 4.69) is 6.58 Å². The van der Waals surface area contributed by atoms with Crippen molar-refractivity contribution in [3.05, 3.63) is 12.7 Å². The number of carbonyl (C=O) groups is 1. The van der Waals surface area contributed by atoms with Crippen LogP contribution in [0.2, 0.25) is 0 Å². The van der Waals surface area contributed by atoms with Gasteiger partial charge in [0.2, 0.25) is 5.91 Å². The van der Waals surface area contributed by atoms with E-state index in [0.29, 0.717) is 12.6 Å². The fourth-order valence-corrected chi connectivity index (χ4v) is 3.44. The lowest BCUT2D eigenvalue weighted by Crippen LogP contribution is -2.58. The lowest BCUT2D eigenvalue weighted by molar-refractivity contribution is -0.140. The molecule has 2 aliphatic rings. The van der Waals surface area contributed by atoms with Crippen molar-refractivity contribution >= 4 is 5.91 Å². The van der Waals surface area contributed by atoms with Gasteiger partial charge in [-0.3, -0.25) is 4.79 Å². The Balaban J connectivity index is 2.08. The maximum Gasteiger partial charge on any atom is 0.243 e. The molecule has 2 N–H and O–H groups in total. The molecule has 1 amide bonds. The third-order valence-corrected chi connectivity index (χ3v) is 4.52. The lowest BCUT2D eigenvalue weighted by atomic mass is 9.81. The second-order valence-corrected chi connectivity index (χ2v) is 5.90. The van der Waals surface area contributed by atoms with Gasteiger partial charge in [0.15, 0.2) is 0 Å². The molecule has 18 heavy (non-hydrogen) atoms. The molecule has 0 spiro atoms. The molecule has 3 nitrogen and oxygen atoms in total. The van der Waals surface area contributed by atoms with Crippen LogP contribution in [0.3, 0.4) is 0 Å². The van der Waals surface area contributed by atoms with Gasteiger partial charge < -0.3 is 10.6 Å². The number of nitrogens with zero attached hydrogens (tertiary/aromatic N) is 1. The molecule has 0 saturated heterocycles. The average molecular weight is 250 g/mol. The summed E-state index contributed by atoms with van der Waals surface area (Å²) in [6.07, 6.45) is 11.7. The van der Waals surface area contributed by atoms with Gasteiger partial charge >= 0.3 is 0 Å². The van der Waals surface area contributed by atoms with Gasteiger partial charge in [-0.25, -0.2) is 0 Å². The fourth-order valence-electron chi connectivity index (χ4n) is 3.44. The zero-order chi connectivity index (χ0) is 13.0. The minimum absolute atomic E-state index is 0.175. The van der Waals surface area contributed by atoms with E-state index < -0.39 is 5.54 Å². The first kappa shape index (κ1) is 13.6. The molecule has 0 bridgehead atoms. The number of nitrogens with two attached hydrogens (primary N) is 1. The van der Waals surface area contributed by atoms with Crippen LogP contribution in [-0.2, 0) is 4.79 Å². The Kier molecular flexibility index (Phi) is 4.44. The number of hydrogen-bond acceptors (Lipinski definition) is 2. The van der Waals surface area contributed by atoms with Crippen molar-refractivity contribution in [1.29, 1.82) is 0 Å². The summed E-state index contributed by atoms with van der Waals surface area (Å²) < 4.78 is 0. The van der Waals surface area contributed by atoms with Crippen molar-refractivity contribution in [2.45, 2.75) is 69.4 Å². The number of carbonyl (C=O) groups excluding carboxylic acids is 1. The first-order valence-corrected chi connectivity index (χ1v) is 7.38. The van der Waals surface area contributed by atoms with Crippen LogP contribution < -0.4 is 5.73 Å². The minimum atomic E-state index is -0.593. The standard InChI is InChI=1S/C15H26N2O/c1-2-12-17(13-8-4-5-9-13)14(18)15(16)10-6-3-7-11-15/h2,13H,1,3-12,16H2. The summed E-state index contributed by atoms with van der Waals surface area (Å²) in [5.74, 6) is 0.175. The second kappa shape index (κ2) is 5.87. The van der Waals surface area contributed by atoms with Gasteiger partial charge in [-0.15, -0.1) is 6.58 Å². The van der Waals surface area contributed by atoms with Crippen molar-refractivity contribution in [1.82, 2.24) is 4.90 Å². The monoisotopic (exact) mass is 250 g/mol. The topological polar surface area (TPSA) is 46.3 Å². The normalized spacial score (nSPS) is 23.8. The van der Waals surface area contributed by atoms with Crippen LogP contribution in [0.4, 0.5) is 0 Å². The molecule has 2 saturated carbocycles. The molecule has 0 radical (unpaired) electrons. The summed E-state index contributed by atoms with van der Waals surface area (Å²) in [4.78, 5) is 14.8. The van der Waals surface area contributed by atoms with Crippen molar-refractivity contribution < 1.29 is 4.79 Å². The van der Waals surface area contributed by atoms with Gasteiger partial charge in [0.25, 0.3) is 0 Å². The highest BCUT2D eigenvalue weighted by molar-refractivity contribution is 5.86. The summed E-state index contributed by atoms with van der Waals surface area (Å²) in [5, 5.41) is 0. The summed E-state index contributed by atoms with van der Waals surface area (Å²) in [6, 6.07) is 0.401. The zero-order valence-electron chi connectivity index (χ0n) is 11.4. The highest BCUT2D eigenvalue weighted by Crippen LogP contribution is 2.31. The highest BCUT2D eigenvalue weighted by Gasteiger charge is 2.40. The molecule has 0 aliphatic heterocycles. The van der Waals surface area contributed by atoms with Crippen LogP contribution in [0.15, 0.2) is 12.7 Å². The minimum Gasteiger partial charge on any atom is -0.334 e. The molecule has 2 aliphatic carbocycles. The van der Waals surface area contributed by atoms with Gasteiger partial charge in [0, 0.05) is 12.6 Å². The predicted molar refractivity (Wildman–Crippen MR) is 74.2 cm³/mol. The summed E-state index contributed by atoms with van der Waals surface area (Å²) >= 11 is 0. The smallest absolute Gasteiger partial charge is 0.243 e. The summed E-state index contributed by atoms with van der Waals surface area (Å²) in [5.41, 5.74) is 5.78. The second-order valence-electron chi connectivity index (χ2n) is 5.90. The lowest BCUT2D eigenvalue weighted by Gasteiger charge is -2.39. The molecule has 102 valence electrons. The van der Waals surface area contributed by atoms with E-state index in [4.69, 9.17) is 5.73 Å². The van der Waals surface area contributed by atoms with Crippen LogP contribution in [-0.4, -0.2) is 28.9 Å². The number of hydrogen-bond donors (Lipinski definition) is 1. The van der Waals surface area contributed by atoms with Crippen LogP contribution in [0.1, 0.15) is 57.8 Å². The zero-order valence-corrected chi connectivity index (χ0v) is 11.4. The molecule has 3 heteroatoms. The Morgan fingerprint density at radius 1 is 1.22 bits per heavy atom. The molecular weight excluding hydrogens is 224 g/mol. The van der Waals surface area contributed by atoms with E-state index in [1.807, 2.05) is 11.0 Å². The Morgan fingerprint density at radius 2 is 1.83 bits per heavy atom. The molecule has 0 aromatic heterocycles. The van der Waals surface area contributed by atoms with Crippen LogP contribution in [0.25, 0.3) is 0 Å². The Bertz CT molecular complexity index is 302. The van der Waals surface area contributed by atoms with Gasteiger partial charge in [-0.05, 0) is 25.7 Å². The largest absolute Gasteiger partial charge is 0.334 e. The average Bonchev–Trinajstić information content (AvgIpc) is 2.90. The van der Waals surface area contributed by atoms with E-state index in [1.165, 1.54) is 19.3 Å². The van der Waals surface area contributed by atoms with Gasteiger partial charge in [0.1, 0.15) is 0 Å². The van der Waals surface area contributed by atoms with Crippen LogP contribution >= 0.6 is 0 Å². The third kappa shape index (κ3) is 2.77. The highest BCUT2D eigenvalue weighted by atomic mass is 16.2. The molecule has 0 atom stereocenters. The van der Waals surface area contributed by atoms with Crippen molar-refractivity contribution in [3.8, 4) is 0 Å². The quantitative estimate of drug-likeness (QED) is 0.780. The van der Waals surface area contributed by atoms with Crippen molar-refractivity contribution in [2.24, 2.45) is 5.73 Å². The van der Waals surface area contributed by atoms with E-state index >= 15 is 0 Å². The summed E-state index contributed by atoms with van der Waals surface area (Å²) in [7, 11) is 0. The molecular formula is C15H26N2O. The third-order valence-electron chi connectivity index (χ3n) is 4.52. The molecule has 2 fully saturated rings. The molecule has 0 heterocycles. The van der Waals surface area contributed by atoms with Crippen LogP contribution in [0, 0.1) is 0 Å². The molecule has 0 aromatic rings. The molecule has 0 unspecified atom stereocenters. The first-order valence-electron chi connectivity index (χ1n) is 7.38. The van der Waals surface area contributed by atoms with Crippen molar-refractivity contribution in [2.75, 3.05) is 6.54 Å². The molecule has 2 rings (SSSR count). The van der Waals surface area contributed by atoms with Gasteiger partial charge in [-0.1, -0.05) is 38.2 Å². The SMILES string of the molecule is C=CCN(C(=O)C1(N)CCCCC1)C1CCCC1. The number of rotatable bonds is 4.